The molecule has 0 aliphatic heterocycles. The van der Waals surface area contributed by atoms with Crippen LogP contribution in [0, 0.1) is 5.82 Å². The van der Waals surface area contributed by atoms with Crippen molar-refractivity contribution in [2.45, 2.75) is 77.4 Å². The summed E-state index contributed by atoms with van der Waals surface area (Å²) in [6.07, 6.45) is 5.29. The van der Waals surface area contributed by atoms with Crippen LogP contribution in [0.5, 0.6) is 0 Å². The number of carbonyl (C=O) groups is 1. The number of Topliss-reactive ketones (excluding diaryl/α,β-unsaturated/α-hetero) is 1. The van der Waals surface area contributed by atoms with Crippen LogP contribution in [0.4, 0.5) is 10.3 Å². The highest BCUT2D eigenvalue weighted by Crippen LogP contribution is 2.31. The molecule has 1 aromatic carbocycles. The lowest BCUT2D eigenvalue weighted by Crippen LogP contribution is -2.27. The average Bonchev–Trinajstić information content (AvgIpc) is 2.81. The Bertz CT molecular complexity index is 1180. The Hall–Kier alpha value is -2.69. The Kier molecular flexibility index (Phi) is 11.3. The van der Waals surface area contributed by atoms with Crippen LogP contribution in [0.2, 0.25) is 0 Å². The number of anilines is 1. The summed E-state index contributed by atoms with van der Waals surface area (Å²) in [6, 6.07) is 5.63. The molecule has 37 heavy (non-hydrogen) atoms. The molecular weight excluding hydrogens is 497 g/mol. The SMILES string of the molecule is CCCCCC(=O)C[C@H](O)C[C@H](O)/C=C/c1c(-c2ccc(F)cc2)nc(N(C)S(C)(=O)=O)nc1C(C)C. The van der Waals surface area contributed by atoms with Gasteiger partial charge in [-0.2, -0.15) is 0 Å². The molecule has 2 rings (SSSR count). The monoisotopic (exact) mass is 535 g/mol. The molecule has 0 fully saturated rings. The smallest absolute Gasteiger partial charge is 0.239 e. The highest BCUT2D eigenvalue weighted by Gasteiger charge is 2.22. The van der Waals surface area contributed by atoms with E-state index in [-0.39, 0.29) is 30.5 Å². The van der Waals surface area contributed by atoms with Crippen molar-refractivity contribution in [2.75, 3.05) is 17.6 Å². The van der Waals surface area contributed by atoms with E-state index in [1.807, 2.05) is 13.8 Å². The summed E-state index contributed by atoms with van der Waals surface area (Å²) in [7, 11) is -2.28. The average molecular weight is 536 g/mol. The number of unbranched alkanes of at least 4 members (excludes halogenated alkanes) is 2. The van der Waals surface area contributed by atoms with E-state index < -0.39 is 28.0 Å². The van der Waals surface area contributed by atoms with Crippen LogP contribution in [0.25, 0.3) is 17.3 Å². The molecule has 1 aromatic heterocycles. The Morgan fingerprint density at radius 2 is 1.78 bits per heavy atom. The molecule has 2 atom stereocenters. The predicted molar refractivity (Wildman–Crippen MR) is 144 cm³/mol. The van der Waals surface area contributed by atoms with Gasteiger partial charge in [0.1, 0.15) is 11.6 Å². The summed E-state index contributed by atoms with van der Waals surface area (Å²) in [5.41, 5.74) is 1.99. The van der Waals surface area contributed by atoms with E-state index in [0.717, 1.165) is 29.8 Å². The number of nitrogens with zero attached hydrogens (tertiary/aromatic N) is 3. The number of aromatic nitrogens is 2. The Morgan fingerprint density at radius 3 is 2.35 bits per heavy atom. The van der Waals surface area contributed by atoms with Gasteiger partial charge in [0.05, 0.1) is 29.9 Å². The fourth-order valence-electron chi connectivity index (χ4n) is 3.78. The van der Waals surface area contributed by atoms with E-state index in [2.05, 4.69) is 16.9 Å². The second-order valence-electron chi connectivity index (χ2n) is 9.58. The molecule has 8 nitrogen and oxygen atoms in total. The summed E-state index contributed by atoms with van der Waals surface area (Å²) in [6.45, 7) is 5.84. The first-order chi connectivity index (χ1) is 17.3. The third kappa shape index (κ3) is 9.28. The fourth-order valence-corrected chi connectivity index (χ4v) is 4.16. The van der Waals surface area contributed by atoms with Gasteiger partial charge in [-0.25, -0.2) is 27.1 Å². The molecule has 0 aliphatic rings. The van der Waals surface area contributed by atoms with Crippen LogP contribution in [-0.4, -0.2) is 59.9 Å². The summed E-state index contributed by atoms with van der Waals surface area (Å²) in [5, 5.41) is 20.8. The molecule has 0 saturated heterocycles. The van der Waals surface area contributed by atoms with Crippen molar-refractivity contribution >= 4 is 27.8 Å². The molecule has 204 valence electrons. The Labute approximate surface area is 219 Å². The number of benzene rings is 1. The van der Waals surface area contributed by atoms with E-state index in [9.17, 15) is 27.8 Å². The van der Waals surface area contributed by atoms with Crippen LogP contribution >= 0.6 is 0 Å². The summed E-state index contributed by atoms with van der Waals surface area (Å²) < 4.78 is 38.9. The van der Waals surface area contributed by atoms with Gasteiger partial charge in [-0.15, -0.1) is 0 Å². The van der Waals surface area contributed by atoms with Gasteiger partial charge in [-0.1, -0.05) is 45.8 Å². The molecule has 0 aliphatic carbocycles. The minimum absolute atomic E-state index is 0.0116. The zero-order valence-corrected chi connectivity index (χ0v) is 23.0. The lowest BCUT2D eigenvalue weighted by atomic mass is 9.97. The highest BCUT2D eigenvalue weighted by molar-refractivity contribution is 7.92. The molecule has 2 aromatic rings. The molecule has 0 spiro atoms. The maximum atomic E-state index is 13.6. The summed E-state index contributed by atoms with van der Waals surface area (Å²) >= 11 is 0. The number of hydrogen-bond acceptors (Lipinski definition) is 7. The van der Waals surface area contributed by atoms with Crippen LogP contribution in [0.1, 0.15) is 76.5 Å². The van der Waals surface area contributed by atoms with Gasteiger partial charge >= 0.3 is 0 Å². The van der Waals surface area contributed by atoms with E-state index in [1.54, 1.807) is 6.08 Å². The number of hydrogen-bond donors (Lipinski definition) is 2. The Balaban J connectivity index is 2.40. The van der Waals surface area contributed by atoms with E-state index in [0.29, 0.717) is 28.9 Å². The molecule has 0 unspecified atom stereocenters. The molecule has 2 N–H and O–H groups in total. The zero-order chi connectivity index (χ0) is 27.8. The number of carbonyl (C=O) groups excluding carboxylic acids is 1. The molecule has 10 heteroatoms. The van der Waals surface area contributed by atoms with Gasteiger partial charge in [0.15, 0.2) is 0 Å². The minimum Gasteiger partial charge on any atom is -0.393 e. The fraction of sp³-hybridized carbons (Fsp3) is 0.519. The lowest BCUT2D eigenvalue weighted by Gasteiger charge is -2.20. The van der Waals surface area contributed by atoms with Crippen molar-refractivity contribution in [3.8, 4) is 11.3 Å². The van der Waals surface area contributed by atoms with Gasteiger partial charge in [0.2, 0.25) is 16.0 Å². The first-order valence-electron chi connectivity index (χ1n) is 12.5. The van der Waals surface area contributed by atoms with Crippen LogP contribution in [0.3, 0.4) is 0 Å². The first-order valence-corrected chi connectivity index (χ1v) is 14.4. The van der Waals surface area contributed by atoms with Gasteiger partial charge in [-0.3, -0.25) is 4.79 Å². The molecule has 0 amide bonds. The second kappa shape index (κ2) is 13.7. The number of rotatable bonds is 14. The summed E-state index contributed by atoms with van der Waals surface area (Å²) in [5.74, 6) is -0.629. The topological polar surface area (TPSA) is 121 Å². The largest absolute Gasteiger partial charge is 0.393 e. The van der Waals surface area contributed by atoms with Gasteiger partial charge < -0.3 is 10.2 Å². The standard InChI is InChI=1S/C27H38FN3O5S/c1-6-7-8-9-21(32)16-23(34)17-22(33)14-15-24-25(18(2)3)29-27(31(4)37(5,35)36)30-26(24)19-10-12-20(28)13-11-19/h10-15,18,22-23,33-34H,6-9,16-17H2,1-5H3/b15-14+/t22-,23+/m1/s1. The van der Waals surface area contributed by atoms with Crippen molar-refractivity contribution in [3.05, 3.63) is 47.4 Å². The molecule has 0 bridgehead atoms. The predicted octanol–water partition coefficient (Wildman–Crippen LogP) is 4.47. The number of ketones is 1. The van der Waals surface area contributed by atoms with E-state index >= 15 is 0 Å². The number of aliphatic hydroxyl groups excluding tert-OH is 2. The van der Waals surface area contributed by atoms with E-state index in [1.165, 1.54) is 37.4 Å². The van der Waals surface area contributed by atoms with Crippen LogP contribution in [0.15, 0.2) is 30.3 Å². The van der Waals surface area contributed by atoms with Crippen molar-refractivity contribution in [3.63, 3.8) is 0 Å². The normalized spacial score (nSPS) is 13.8. The lowest BCUT2D eigenvalue weighted by molar-refractivity contribution is -0.121. The zero-order valence-electron chi connectivity index (χ0n) is 22.2. The third-order valence-electron chi connectivity index (χ3n) is 5.93. The van der Waals surface area contributed by atoms with Gasteiger partial charge in [-0.05, 0) is 36.6 Å². The molecule has 0 saturated carbocycles. The number of halogens is 1. The quantitative estimate of drug-likeness (QED) is 0.343. The van der Waals surface area contributed by atoms with Crippen molar-refractivity contribution < 1.29 is 27.8 Å². The number of aliphatic hydroxyl groups is 2. The maximum Gasteiger partial charge on any atom is 0.239 e. The van der Waals surface area contributed by atoms with Crippen molar-refractivity contribution in [1.82, 2.24) is 9.97 Å². The van der Waals surface area contributed by atoms with Crippen molar-refractivity contribution in [2.24, 2.45) is 0 Å². The third-order valence-corrected chi connectivity index (χ3v) is 7.09. The van der Waals surface area contributed by atoms with Gasteiger partial charge in [0, 0.05) is 37.4 Å². The van der Waals surface area contributed by atoms with Gasteiger partial charge in [0.25, 0.3) is 0 Å². The molecule has 0 radical (unpaired) electrons. The first kappa shape index (κ1) is 30.5. The van der Waals surface area contributed by atoms with E-state index in [4.69, 9.17) is 0 Å². The molecule has 1 heterocycles. The highest BCUT2D eigenvalue weighted by atomic mass is 32.2. The summed E-state index contributed by atoms with van der Waals surface area (Å²) in [4.78, 5) is 21.0. The number of sulfonamides is 1. The minimum atomic E-state index is -3.64. The van der Waals surface area contributed by atoms with Crippen LogP contribution < -0.4 is 4.31 Å². The van der Waals surface area contributed by atoms with Crippen LogP contribution in [-0.2, 0) is 14.8 Å². The maximum absolute atomic E-state index is 13.6. The second-order valence-corrected chi connectivity index (χ2v) is 11.6. The van der Waals surface area contributed by atoms with Crippen molar-refractivity contribution in [1.29, 1.82) is 0 Å². The molecular formula is C27H38FN3O5S. The Morgan fingerprint density at radius 1 is 1.14 bits per heavy atom.